The van der Waals surface area contributed by atoms with Crippen molar-refractivity contribution in [3.8, 4) is 0 Å². The topological polar surface area (TPSA) is 93.6 Å². The van der Waals surface area contributed by atoms with Crippen molar-refractivity contribution in [3.63, 3.8) is 0 Å². The average Bonchev–Trinajstić information content (AvgIpc) is 2.77. The third-order valence-electron chi connectivity index (χ3n) is 3.09. The van der Waals surface area contributed by atoms with E-state index in [0.717, 1.165) is 0 Å². The Bertz CT molecular complexity index is 576. The Morgan fingerprint density at radius 3 is 3.05 bits per heavy atom. The number of aliphatic hydroxyl groups is 1. The van der Waals surface area contributed by atoms with E-state index in [1.165, 1.54) is 17.0 Å². The van der Waals surface area contributed by atoms with Crippen molar-refractivity contribution in [3.05, 3.63) is 45.4 Å². The van der Waals surface area contributed by atoms with E-state index in [-0.39, 0.29) is 12.7 Å². The van der Waals surface area contributed by atoms with Gasteiger partial charge in [-0.05, 0) is 6.92 Å². The van der Waals surface area contributed by atoms with Gasteiger partial charge < -0.3 is 14.6 Å². The van der Waals surface area contributed by atoms with Gasteiger partial charge in [0.15, 0.2) is 0 Å². The molecular weight excluding hydrogens is 252 g/mol. The fraction of sp³-hybridized carbons (Fsp3) is 0.500. The van der Waals surface area contributed by atoms with Crippen molar-refractivity contribution in [2.75, 3.05) is 6.61 Å². The second kappa shape index (κ2) is 5.41. The number of H-pyrrole nitrogens is 1. The Labute approximate surface area is 109 Å². The van der Waals surface area contributed by atoms with Gasteiger partial charge in [-0.3, -0.25) is 14.3 Å². The highest BCUT2D eigenvalue weighted by molar-refractivity contribution is 5.02. The first-order valence-corrected chi connectivity index (χ1v) is 5.91. The first-order valence-electron chi connectivity index (χ1n) is 5.91. The molecule has 0 aliphatic carbocycles. The number of hydrogen-bond donors (Lipinski definition) is 2. The first-order chi connectivity index (χ1) is 9.06. The molecule has 1 aliphatic rings. The minimum Gasteiger partial charge on any atom is -0.496 e. The monoisotopic (exact) mass is 268 g/mol. The van der Waals surface area contributed by atoms with Gasteiger partial charge in [0.05, 0.1) is 12.9 Å². The molecule has 19 heavy (non-hydrogen) atoms. The second-order valence-electron chi connectivity index (χ2n) is 4.37. The van der Waals surface area contributed by atoms with Gasteiger partial charge in [-0.1, -0.05) is 6.58 Å². The van der Waals surface area contributed by atoms with Gasteiger partial charge in [0, 0.05) is 18.2 Å². The predicted octanol–water partition coefficient (Wildman–Crippen LogP) is -0.346. The van der Waals surface area contributed by atoms with Crippen LogP contribution in [0.1, 0.15) is 18.2 Å². The Hall–Kier alpha value is -1.86. The molecule has 1 unspecified atom stereocenters. The molecule has 1 fully saturated rings. The highest BCUT2D eigenvalue weighted by Crippen LogP contribution is 2.29. The van der Waals surface area contributed by atoms with Gasteiger partial charge in [-0.25, -0.2) is 4.79 Å². The molecule has 0 bridgehead atoms. The van der Waals surface area contributed by atoms with Crippen molar-refractivity contribution >= 4 is 0 Å². The van der Waals surface area contributed by atoms with E-state index in [0.29, 0.717) is 12.0 Å². The molecule has 0 spiro atoms. The number of aliphatic hydroxyl groups excluding tert-OH is 1. The molecule has 104 valence electrons. The summed E-state index contributed by atoms with van der Waals surface area (Å²) >= 11 is 0. The van der Waals surface area contributed by atoms with Gasteiger partial charge in [0.2, 0.25) is 0 Å². The van der Waals surface area contributed by atoms with Crippen LogP contribution in [0.2, 0.25) is 0 Å². The Morgan fingerprint density at radius 2 is 2.42 bits per heavy atom. The van der Waals surface area contributed by atoms with Crippen LogP contribution >= 0.6 is 0 Å². The summed E-state index contributed by atoms with van der Waals surface area (Å²) < 4.78 is 12.1. The highest BCUT2D eigenvalue weighted by atomic mass is 16.6. The lowest BCUT2D eigenvalue weighted by Crippen LogP contribution is -2.33. The van der Waals surface area contributed by atoms with Crippen LogP contribution in [0.25, 0.3) is 0 Å². The van der Waals surface area contributed by atoms with Crippen LogP contribution in [-0.4, -0.2) is 33.5 Å². The SMILES string of the molecule is C=COC1C[C@H](n2cc(C)c(=O)[nH]c2=O)O[C@@H]1CO. The maximum Gasteiger partial charge on any atom is 0.330 e. The van der Waals surface area contributed by atoms with Crippen molar-refractivity contribution in [1.29, 1.82) is 0 Å². The summed E-state index contributed by atoms with van der Waals surface area (Å²) in [6.45, 7) is 4.84. The van der Waals surface area contributed by atoms with Crippen LogP contribution in [0.3, 0.4) is 0 Å². The third-order valence-corrected chi connectivity index (χ3v) is 3.09. The first kappa shape index (κ1) is 13.6. The molecule has 2 heterocycles. The van der Waals surface area contributed by atoms with E-state index < -0.39 is 23.6 Å². The number of nitrogens with zero attached hydrogens (tertiary/aromatic N) is 1. The molecule has 0 radical (unpaired) electrons. The van der Waals surface area contributed by atoms with Crippen LogP contribution in [0, 0.1) is 6.92 Å². The quantitative estimate of drug-likeness (QED) is 0.728. The number of aromatic amines is 1. The Kier molecular flexibility index (Phi) is 3.87. The minimum atomic E-state index is -0.579. The van der Waals surface area contributed by atoms with Crippen molar-refractivity contribution in [2.45, 2.75) is 31.8 Å². The number of nitrogens with one attached hydrogen (secondary N) is 1. The van der Waals surface area contributed by atoms with Crippen LogP contribution in [0.15, 0.2) is 28.6 Å². The van der Waals surface area contributed by atoms with Crippen LogP contribution in [0.5, 0.6) is 0 Å². The van der Waals surface area contributed by atoms with Gasteiger partial charge in [-0.2, -0.15) is 0 Å². The number of ether oxygens (including phenoxy) is 2. The van der Waals surface area contributed by atoms with Gasteiger partial charge in [-0.15, -0.1) is 0 Å². The summed E-state index contributed by atoms with van der Waals surface area (Å²) in [4.78, 5) is 25.3. The summed E-state index contributed by atoms with van der Waals surface area (Å²) in [5.74, 6) is 0. The standard InChI is InChI=1S/C12H16N2O5/c1-3-18-8-4-10(19-9(8)6-15)14-5-7(2)11(16)13-12(14)17/h3,5,8-10,15H,1,4,6H2,2H3,(H,13,16,17)/t8?,9-,10-/m1/s1. The average molecular weight is 268 g/mol. The van der Waals surface area contributed by atoms with Crippen molar-refractivity contribution in [2.24, 2.45) is 0 Å². The molecule has 0 saturated carbocycles. The van der Waals surface area contributed by atoms with Gasteiger partial charge >= 0.3 is 5.69 Å². The molecule has 2 rings (SSSR count). The lowest BCUT2D eigenvalue weighted by molar-refractivity contribution is -0.0480. The lowest BCUT2D eigenvalue weighted by Gasteiger charge is -2.15. The Balaban J connectivity index is 2.29. The van der Waals surface area contributed by atoms with E-state index in [1.807, 2.05) is 0 Å². The summed E-state index contributed by atoms with van der Waals surface area (Å²) in [5.41, 5.74) is -0.551. The van der Waals surface area contributed by atoms with Crippen LogP contribution in [-0.2, 0) is 9.47 Å². The van der Waals surface area contributed by atoms with E-state index in [4.69, 9.17) is 9.47 Å². The zero-order valence-electron chi connectivity index (χ0n) is 10.5. The molecule has 0 aromatic carbocycles. The normalized spacial score (nSPS) is 26.3. The summed E-state index contributed by atoms with van der Waals surface area (Å²) in [6.07, 6.45) is 1.64. The van der Waals surface area contributed by atoms with Crippen LogP contribution in [0.4, 0.5) is 0 Å². The minimum absolute atomic E-state index is 0.216. The van der Waals surface area contributed by atoms with Crippen LogP contribution < -0.4 is 11.2 Å². The fourth-order valence-electron chi connectivity index (χ4n) is 2.10. The predicted molar refractivity (Wildman–Crippen MR) is 66.7 cm³/mol. The zero-order chi connectivity index (χ0) is 14.0. The highest BCUT2D eigenvalue weighted by Gasteiger charge is 2.37. The summed E-state index contributed by atoms with van der Waals surface area (Å²) in [5, 5.41) is 9.21. The van der Waals surface area contributed by atoms with Crippen molar-refractivity contribution < 1.29 is 14.6 Å². The van der Waals surface area contributed by atoms with Gasteiger partial charge in [0.1, 0.15) is 18.4 Å². The molecule has 0 amide bonds. The zero-order valence-corrected chi connectivity index (χ0v) is 10.5. The molecule has 3 atom stereocenters. The number of hydrogen-bond acceptors (Lipinski definition) is 5. The van der Waals surface area contributed by atoms with E-state index in [1.54, 1.807) is 6.92 Å². The molecule has 7 nitrogen and oxygen atoms in total. The fourth-order valence-corrected chi connectivity index (χ4v) is 2.10. The van der Waals surface area contributed by atoms with E-state index in [2.05, 4.69) is 11.6 Å². The molecular formula is C12H16N2O5. The molecule has 1 aromatic heterocycles. The smallest absolute Gasteiger partial charge is 0.330 e. The largest absolute Gasteiger partial charge is 0.496 e. The molecule has 1 aromatic rings. The van der Waals surface area contributed by atoms with Crippen molar-refractivity contribution in [1.82, 2.24) is 9.55 Å². The maximum atomic E-state index is 11.7. The summed E-state index contributed by atoms with van der Waals surface area (Å²) in [7, 11) is 0. The molecule has 2 N–H and O–H groups in total. The number of aryl methyl sites for hydroxylation is 1. The number of rotatable bonds is 4. The molecule has 1 aliphatic heterocycles. The lowest BCUT2D eigenvalue weighted by atomic mass is 10.2. The molecule has 7 heteroatoms. The Morgan fingerprint density at radius 1 is 1.68 bits per heavy atom. The third kappa shape index (κ3) is 2.61. The molecule has 1 saturated heterocycles. The van der Waals surface area contributed by atoms with E-state index in [9.17, 15) is 14.7 Å². The second-order valence-corrected chi connectivity index (χ2v) is 4.37. The number of aromatic nitrogens is 2. The van der Waals surface area contributed by atoms with Gasteiger partial charge in [0.25, 0.3) is 5.56 Å². The van der Waals surface area contributed by atoms with E-state index >= 15 is 0 Å². The maximum absolute atomic E-state index is 11.7. The summed E-state index contributed by atoms with van der Waals surface area (Å²) in [6, 6.07) is 0.